The molecule has 156 valence electrons. The van der Waals surface area contributed by atoms with E-state index in [0.717, 1.165) is 0 Å². The van der Waals surface area contributed by atoms with Crippen molar-refractivity contribution in [3.8, 4) is 0 Å². The van der Waals surface area contributed by atoms with E-state index in [4.69, 9.17) is 16.0 Å². The first-order chi connectivity index (χ1) is 13.6. The molecule has 0 fully saturated rings. The second-order valence-electron chi connectivity index (χ2n) is 6.37. The molecule has 3 rings (SSSR count). The van der Waals surface area contributed by atoms with Crippen molar-refractivity contribution in [3.05, 3.63) is 58.8 Å². The predicted molar refractivity (Wildman–Crippen MR) is 111 cm³/mol. The minimum absolute atomic E-state index is 0.0346. The monoisotopic (exact) mass is 457 g/mol. The lowest BCUT2D eigenvalue weighted by Crippen LogP contribution is -2.18. The minimum atomic E-state index is -4.21. The highest BCUT2D eigenvalue weighted by atomic mass is 35.5. The Hall–Kier alpha value is -2.11. The molecule has 2 aromatic carbocycles. The number of hydrogen-bond acceptors (Lipinski definition) is 7. The maximum atomic E-state index is 12.8. The number of sulfonamides is 1. The molecule has 0 saturated carbocycles. The number of nitrogens with one attached hydrogen (secondary N) is 1. The van der Waals surface area contributed by atoms with Crippen molar-refractivity contribution in [3.63, 3.8) is 0 Å². The third-order valence-electron chi connectivity index (χ3n) is 4.07. The summed E-state index contributed by atoms with van der Waals surface area (Å²) in [6.07, 6.45) is 0.0979. The van der Waals surface area contributed by atoms with Crippen LogP contribution in [0.2, 0.25) is 5.02 Å². The SMILES string of the molecule is CN([O-])CCCS(=O)(=O)c1ccc(Cl)cc1NS(=O)(=O)c1cc2ccccc2o1. The number of fused-ring (bicyclic) bond motifs is 1. The van der Waals surface area contributed by atoms with Gasteiger partial charge in [0.15, 0.2) is 9.84 Å². The number of furan rings is 1. The molecule has 0 unspecified atom stereocenters. The standard InChI is InChI=1S/C18H18ClN2O6S2/c1-21(22)9-4-10-28(23,24)17-8-7-14(19)12-15(17)20-29(25,26)18-11-13-5-2-3-6-16(13)27-18/h2-3,5-8,11-12,20H,4,9-10H2,1H3/q-1. The molecule has 1 N–H and O–H groups in total. The second-order valence-corrected chi connectivity index (χ2v) is 10.5. The average molecular weight is 458 g/mol. The third-order valence-corrected chi connectivity index (χ3v) is 7.38. The molecule has 1 heterocycles. The Labute approximate surface area is 173 Å². The summed E-state index contributed by atoms with van der Waals surface area (Å²) in [6, 6.07) is 11.9. The van der Waals surface area contributed by atoms with Crippen LogP contribution in [0.4, 0.5) is 5.69 Å². The van der Waals surface area contributed by atoms with Crippen LogP contribution in [-0.4, -0.2) is 41.2 Å². The maximum absolute atomic E-state index is 12.8. The number of hydrogen-bond donors (Lipinski definition) is 1. The zero-order valence-electron chi connectivity index (χ0n) is 15.3. The van der Waals surface area contributed by atoms with Gasteiger partial charge in [-0.05, 0) is 44.3 Å². The fourth-order valence-electron chi connectivity index (χ4n) is 2.73. The Kier molecular flexibility index (Phi) is 6.20. The van der Waals surface area contributed by atoms with Crippen LogP contribution in [0.1, 0.15) is 6.42 Å². The van der Waals surface area contributed by atoms with E-state index in [1.165, 1.54) is 31.3 Å². The first kappa shape index (κ1) is 21.6. The van der Waals surface area contributed by atoms with Crippen LogP contribution < -0.4 is 4.72 Å². The van der Waals surface area contributed by atoms with Gasteiger partial charge in [-0.25, -0.2) is 8.42 Å². The summed E-state index contributed by atoms with van der Waals surface area (Å²) >= 11 is 5.95. The lowest BCUT2D eigenvalue weighted by Gasteiger charge is -2.21. The molecule has 0 aliphatic heterocycles. The van der Waals surface area contributed by atoms with Crippen LogP contribution >= 0.6 is 11.6 Å². The summed E-state index contributed by atoms with van der Waals surface area (Å²) in [6.45, 7) is 0.0346. The van der Waals surface area contributed by atoms with Crippen LogP contribution in [0.15, 0.2) is 62.9 Å². The van der Waals surface area contributed by atoms with Gasteiger partial charge in [0.05, 0.1) is 16.3 Å². The number of nitrogens with zero attached hydrogens (tertiary/aromatic N) is 1. The maximum Gasteiger partial charge on any atom is 0.295 e. The molecule has 0 saturated heterocycles. The highest BCUT2D eigenvalue weighted by Gasteiger charge is 2.25. The zero-order valence-corrected chi connectivity index (χ0v) is 17.7. The second kappa shape index (κ2) is 8.33. The third kappa shape index (κ3) is 5.09. The lowest BCUT2D eigenvalue weighted by molar-refractivity contribution is 0.456. The van der Waals surface area contributed by atoms with Gasteiger partial charge in [0.1, 0.15) is 5.58 Å². The summed E-state index contributed by atoms with van der Waals surface area (Å²) in [4.78, 5) is -0.227. The van der Waals surface area contributed by atoms with E-state index in [2.05, 4.69) is 4.72 Å². The fraction of sp³-hybridized carbons (Fsp3) is 0.222. The fourth-order valence-corrected chi connectivity index (χ4v) is 5.45. The van der Waals surface area contributed by atoms with Gasteiger partial charge in [-0.2, -0.15) is 8.42 Å². The number of benzene rings is 2. The van der Waals surface area contributed by atoms with E-state index in [1.807, 2.05) is 0 Å². The van der Waals surface area contributed by atoms with Crippen molar-refractivity contribution in [2.45, 2.75) is 16.4 Å². The Morgan fingerprint density at radius 3 is 2.52 bits per heavy atom. The average Bonchev–Trinajstić information content (AvgIpc) is 3.06. The Morgan fingerprint density at radius 1 is 1.10 bits per heavy atom. The molecular weight excluding hydrogens is 440 g/mol. The molecule has 11 heteroatoms. The van der Waals surface area contributed by atoms with Crippen molar-refractivity contribution in [2.24, 2.45) is 0 Å². The van der Waals surface area contributed by atoms with Crippen molar-refractivity contribution >= 4 is 48.1 Å². The van der Waals surface area contributed by atoms with Gasteiger partial charge in [0, 0.05) is 16.5 Å². The molecule has 0 spiro atoms. The Balaban J connectivity index is 1.95. The number of para-hydroxylation sites is 1. The van der Waals surface area contributed by atoms with E-state index in [1.54, 1.807) is 24.3 Å². The minimum Gasteiger partial charge on any atom is -0.785 e. The molecule has 1 aromatic heterocycles. The first-order valence-corrected chi connectivity index (χ1v) is 12.0. The summed E-state index contributed by atoms with van der Waals surface area (Å²) in [7, 11) is -6.78. The topological polar surface area (TPSA) is 120 Å². The van der Waals surface area contributed by atoms with Crippen LogP contribution in [0.25, 0.3) is 11.0 Å². The molecule has 0 amide bonds. The van der Waals surface area contributed by atoms with Crippen molar-refractivity contribution in [1.82, 2.24) is 5.06 Å². The van der Waals surface area contributed by atoms with Gasteiger partial charge < -0.3 is 14.7 Å². The van der Waals surface area contributed by atoms with Crippen LogP contribution in [0, 0.1) is 5.21 Å². The molecule has 8 nitrogen and oxygen atoms in total. The summed E-state index contributed by atoms with van der Waals surface area (Å²) in [5.74, 6) is -0.319. The normalized spacial score (nSPS) is 12.6. The van der Waals surface area contributed by atoms with Crippen molar-refractivity contribution in [1.29, 1.82) is 0 Å². The Morgan fingerprint density at radius 2 is 1.83 bits per heavy atom. The summed E-state index contributed by atoms with van der Waals surface area (Å²) < 4.78 is 58.6. The van der Waals surface area contributed by atoms with E-state index in [-0.39, 0.29) is 39.4 Å². The zero-order chi connectivity index (χ0) is 21.2. The van der Waals surface area contributed by atoms with Crippen LogP contribution in [0.3, 0.4) is 0 Å². The highest BCUT2D eigenvalue weighted by Crippen LogP contribution is 2.30. The predicted octanol–water partition coefficient (Wildman–Crippen LogP) is 3.48. The summed E-state index contributed by atoms with van der Waals surface area (Å²) in [5.41, 5.74) is 0.196. The van der Waals surface area contributed by atoms with Gasteiger partial charge >= 0.3 is 0 Å². The molecule has 0 atom stereocenters. The lowest BCUT2D eigenvalue weighted by atomic mass is 10.3. The number of anilines is 1. The molecule has 3 aromatic rings. The van der Waals surface area contributed by atoms with Gasteiger partial charge in [-0.15, -0.1) is 0 Å². The highest BCUT2D eigenvalue weighted by molar-refractivity contribution is 7.93. The van der Waals surface area contributed by atoms with Crippen molar-refractivity contribution < 1.29 is 21.3 Å². The van der Waals surface area contributed by atoms with Gasteiger partial charge in [0.2, 0.25) is 5.09 Å². The molecular formula is C18H18ClN2O6S2-. The quantitative estimate of drug-likeness (QED) is 0.514. The van der Waals surface area contributed by atoms with Crippen LogP contribution in [-0.2, 0) is 19.9 Å². The number of rotatable bonds is 8. The molecule has 0 aliphatic carbocycles. The van der Waals surface area contributed by atoms with E-state index < -0.39 is 19.9 Å². The molecule has 29 heavy (non-hydrogen) atoms. The van der Waals surface area contributed by atoms with Gasteiger partial charge in [-0.1, -0.05) is 29.8 Å². The number of hydroxylamine groups is 2. The van der Waals surface area contributed by atoms with Crippen molar-refractivity contribution in [2.75, 3.05) is 24.1 Å². The Bertz CT molecular complexity index is 1200. The molecule has 0 aliphatic rings. The molecule has 0 radical (unpaired) electrons. The number of sulfone groups is 1. The largest absolute Gasteiger partial charge is 0.785 e. The van der Waals surface area contributed by atoms with E-state index in [0.29, 0.717) is 16.0 Å². The smallest absolute Gasteiger partial charge is 0.295 e. The summed E-state index contributed by atoms with van der Waals surface area (Å²) in [5, 5.41) is 12.0. The van der Waals surface area contributed by atoms with Gasteiger partial charge in [-0.3, -0.25) is 4.72 Å². The first-order valence-electron chi connectivity index (χ1n) is 8.50. The number of halogens is 1. The van der Waals surface area contributed by atoms with E-state index in [9.17, 15) is 22.0 Å². The molecule has 0 bridgehead atoms. The van der Waals surface area contributed by atoms with Gasteiger partial charge in [0.25, 0.3) is 10.0 Å². The van der Waals surface area contributed by atoms with E-state index >= 15 is 0 Å². The van der Waals surface area contributed by atoms with Crippen LogP contribution in [0.5, 0.6) is 0 Å².